The van der Waals surface area contributed by atoms with Crippen molar-refractivity contribution in [1.29, 1.82) is 0 Å². The second kappa shape index (κ2) is 35.9. The molecule has 1 N–H and O–H groups in total. The summed E-state index contributed by atoms with van der Waals surface area (Å²) in [6.45, 7) is 26.0. The molecule has 49 heavy (non-hydrogen) atoms. The molecule has 1 aromatic rings. The molecule has 1 heterocycles. The molecule has 0 aliphatic carbocycles. The second-order valence-electron chi connectivity index (χ2n) is 13.9. The van der Waals surface area contributed by atoms with Gasteiger partial charge < -0.3 is 24.0 Å². The van der Waals surface area contributed by atoms with Crippen LogP contribution in [0.4, 0.5) is 0 Å². The molecule has 2 unspecified atom stereocenters. The van der Waals surface area contributed by atoms with Crippen LogP contribution in [0.15, 0.2) is 35.7 Å². The van der Waals surface area contributed by atoms with Gasteiger partial charge in [-0.2, -0.15) is 0 Å². The fourth-order valence-electron chi connectivity index (χ4n) is 5.60. The van der Waals surface area contributed by atoms with Gasteiger partial charge in [0.15, 0.2) is 0 Å². The summed E-state index contributed by atoms with van der Waals surface area (Å²) in [5.74, 6) is 2.18. The van der Waals surface area contributed by atoms with E-state index in [0.717, 1.165) is 83.8 Å². The van der Waals surface area contributed by atoms with Gasteiger partial charge in [-0.1, -0.05) is 76.7 Å². The summed E-state index contributed by atoms with van der Waals surface area (Å²) in [6.07, 6.45) is 25.4. The highest BCUT2D eigenvalue weighted by Gasteiger charge is 2.10. The number of ether oxygens (including phenoxy) is 2. The van der Waals surface area contributed by atoms with E-state index in [9.17, 15) is 4.79 Å². The molecule has 0 fully saturated rings. The van der Waals surface area contributed by atoms with Gasteiger partial charge in [0.1, 0.15) is 5.82 Å². The van der Waals surface area contributed by atoms with Crippen molar-refractivity contribution in [2.45, 2.75) is 165 Å². The molecule has 0 bridgehead atoms. The number of aliphatic hydroxyl groups excluding tert-OH is 1. The predicted octanol–water partition coefficient (Wildman–Crippen LogP) is 10.7. The molecule has 2 atom stereocenters. The van der Waals surface area contributed by atoms with Crippen molar-refractivity contribution in [3.05, 3.63) is 41.5 Å². The number of allylic oxidation sites excluding steroid dienone is 4. The van der Waals surface area contributed by atoms with Crippen molar-refractivity contribution in [2.75, 3.05) is 46.6 Å². The van der Waals surface area contributed by atoms with E-state index in [-0.39, 0.29) is 5.97 Å². The van der Waals surface area contributed by atoms with Crippen molar-refractivity contribution >= 4 is 5.97 Å². The maximum absolute atomic E-state index is 12.2. The smallest absolute Gasteiger partial charge is 0.306 e. The van der Waals surface area contributed by atoms with Gasteiger partial charge in [0.2, 0.25) is 0 Å². The lowest BCUT2D eigenvalue weighted by atomic mass is 10.0. The van der Waals surface area contributed by atoms with Crippen LogP contribution in [0.2, 0.25) is 0 Å². The van der Waals surface area contributed by atoms with Crippen LogP contribution in [0.25, 0.3) is 0 Å². The molecule has 0 saturated heterocycles. The summed E-state index contributed by atoms with van der Waals surface area (Å²) in [7, 11) is 1.00. The van der Waals surface area contributed by atoms with E-state index in [1.54, 1.807) is 0 Å². The van der Waals surface area contributed by atoms with Gasteiger partial charge in [0.25, 0.3) is 0 Å². The third kappa shape index (κ3) is 33.0. The van der Waals surface area contributed by atoms with E-state index in [1.165, 1.54) is 75.5 Å². The van der Waals surface area contributed by atoms with E-state index < -0.39 is 0 Å². The topological polar surface area (TPSA) is 76.8 Å². The standard InChI is InChI=1S/C39H71N3O3.C2H6.CH4O/c1-34(2)19-16-21-36(5)23-32-44-30-14-10-8-12-25-41(27-18-28-42-29-24-40-38(42)7)26-13-9-11-15-31-45-39(43)33-37(6)22-17-20-35(3)4;2*1-2/h19-20,24,29,36-37H,8-18,21-23,25-28,30-33H2,1-7H3;1-2H3;2H,1H3. The van der Waals surface area contributed by atoms with Crippen LogP contribution >= 0.6 is 0 Å². The first-order valence-electron chi connectivity index (χ1n) is 19.8. The van der Waals surface area contributed by atoms with Gasteiger partial charge in [0.05, 0.1) is 6.61 Å². The Hall–Kier alpha value is -1.96. The molecular formula is C42H81N3O4. The minimum atomic E-state index is -0.0362. The van der Waals surface area contributed by atoms with Crippen molar-refractivity contribution in [3.8, 4) is 0 Å². The van der Waals surface area contributed by atoms with Crippen LogP contribution in [0, 0.1) is 18.8 Å². The van der Waals surface area contributed by atoms with Crippen LogP contribution in [-0.2, 0) is 20.8 Å². The number of hydrogen-bond donors (Lipinski definition) is 1. The number of esters is 1. The fourth-order valence-corrected chi connectivity index (χ4v) is 5.60. The van der Waals surface area contributed by atoms with E-state index >= 15 is 0 Å². The maximum atomic E-state index is 12.2. The first-order valence-corrected chi connectivity index (χ1v) is 19.8. The third-order valence-corrected chi connectivity index (χ3v) is 8.64. The molecule has 0 aliphatic rings. The van der Waals surface area contributed by atoms with E-state index in [4.69, 9.17) is 14.6 Å². The van der Waals surface area contributed by atoms with Gasteiger partial charge >= 0.3 is 5.97 Å². The Labute approximate surface area is 304 Å². The largest absolute Gasteiger partial charge is 0.466 e. The monoisotopic (exact) mass is 692 g/mol. The van der Waals surface area contributed by atoms with Crippen LogP contribution < -0.4 is 0 Å². The average Bonchev–Trinajstić information content (AvgIpc) is 3.48. The zero-order valence-electron chi connectivity index (χ0n) is 34.0. The number of carbonyl (C=O) groups excluding carboxylic acids is 1. The lowest BCUT2D eigenvalue weighted by Gasteiger charge is -2.22. The number of rotatable bonds is 29. The minimum Gasteiger partial charge on any atom is -0.466 e. The Morgan fingerprint density at radius 2 is 1.31 bits per heavy atom. The van der Waals surface area contributed by atoms with Crippen molar-refractivity contribution in [3.63, 3.8) is 0 Å². The number of aromatic nitrogens is 2. The normalized spacial score (nSPS) is 11.9. The number of unbranched alkanes of at least 4 members (excludes halogenated alkanes) is 6. The molecule has 7 heteroatoms. The quantitative estimate of drug-likeness (QED) is 0.0512. The Kier molecular flexibility index (Phi) is 36.0. The number of imidazole rings is 1. The first-order chi connectivity index (χ1) is 23.7. The summed E-state index contributed by atoms with van der Waals surface area (Å²) >= 11 is 0. The molecule has 1 aromatic heterocycles. The lowest BCUT2D eigenvalue weighted by molar-refractivity contribution is -0.144. The predicted molar refractivity (Wildman–Crippen MR) is 211 cm³/mol. The zero-order chi connectivity index (χ0) is 37.1. The number of hydrogen-bond acceptors (Lipinski definition) is 6. The van der Waals surface area contributed by atoms with Crippen molar-refractivity contribution < 1.29 is 19.4 Å². The Balaban J connectivity index is 0. The fraction of sp³-hybridized carbons (Fsp3) is 0.810. The summed E-state index contributed by atoms with van der Waals surface area (Å²) in [6, 6.07) is 0. The number of aliphatic hydroxyl groups is 1. The highest BCUT2D eigenvalue weighted by atomic mass is 16.5. The zero-order valence-corrected chi connectivity index (χ0v) is 34.0. The Morgan fingerprint density at radius 1 is 0.776 bits per heavy atom. The molecule has 0 radical (unpaired) electrons. The maximum Gasteiger partial charge on any atom is 0.306 e. The highest BCUT2D eigenvalue weighted by Crippen LogP contribution is 2.14. The second-order valence-corrected chi connectivity index (χ2v) is 13.9. The molecule has 0 spiro atoms. The number of carbonyl (C=O) groups is 1. The van der Waals surface area contributed by atoms with Crippen molar-refractivity contribution in [1.82, 2.24) is 14.5 Å². The Bertz CT molecular complexity index is 919. The summed E-state index contributed by atoms with van der Waals surface area (Å²) in [5.41, 5.74) is 2.76. The van der Waals surface area contributed by atoms with Crippen LogP contribution in [0.3, 0.4) is 0 Å². The molecule has 288 valence electrons. The number of nitrogens with zero attached hydrogens (tertiary/aromatic N) is 3. The molecule has 7 nitrogen and oxygen atoms in total. The van der Waals surface area contributed by atoms with Gasteiger partial charge in [-0.05, 0) is 130 Å². The molecule has 0 amide bonds. The Morgan fingerprint density at radius 3 is 1.86 bits per heavy atom. The molecule has 0 aliphatic heterocycles. The summed E-state index contributed by atoms with van der Waals surface area (Å²) in [5, 5.41) is 7.00. The lowest BCUT2D eigenvalue weighted by Crippen LogP contribution is -2.28. The minimum absolute atomic E-state index is 0.0362. The van der Waals surface area contributed by atoms with Gasteiger partial charge in [-0.25, -0.2) is 4.98 Å². The van der Waals surface area contributed by atoms with Gasteiger partial charge in [-0.15, -0.1) is 0 Å². The van der Waals surface area contributed by atoms with E-state index in [0.29, 0.717) is 18.9 Å². The van der Waals surface area contributed by atoms with Gasteiger partial charge in [0, 0.05) is 45.7 Å². The van der Waals surface area contributed by atoms with Crippen molar-refractivity contribution in [2.24, 2.45) is 11.8 Å². The number of aryl methyl sites for hydroxylation is 2. The molecule has 0 aromatic carbocycles. The first kappa shape index (κ1) is 49.2. The highest BCUT2D eigenvalue weighted by molar-refractivity contribution is 5.69. The average molecular weight is 692 g/mol. The van der Waals surface area contributed by atoms with Crippen LogP contribution in [0.1, 0.15) is 158 Å². The van der Waals surface area contributed by atoms with Crippen LogP contribution in [-0.4, -0.2) is 72.1 Å². The molecule has 1 rings (SSSR count). The summed E-state index contributed by atoms with van der Waals surface area (Å²) < 4.78 is 13.7. The SMILES string of the molecule is CC.CC(C)=CCCC(C)CCOCCCCCCN(CCCCCCOC(=O)CC(C)CCC=C(C)C)CCCn1ccnc1C.CO. The third-order valence-electron chi connectivity index (χ3n) is 8.64. The van der Waals surface area contributed by atoms with Gasteiger partial charge in [-0.3, -0.25) is 4.79 Å². The summed E-state index contributed by atoms with van der Waals surface area (Å²) in [4.78, 5) is 19.2. The molecule has 0 saturated carbocycles. The van der Waals surface area contributed by atoms with E-state index in [2.05, 4.69) is 81.3 Å². The van der Waals surface area contributed by atoms with E-state index in [1.807, 2.05) is 20.0 Å². The van der Waals surface area contributed by atoms with Crippen LogP contribution in [0.5, 0.6) is 0 Å². The molecular weight excluding hydrogens is 610 g/mol.